The number of H-pyrrole nitrogens is 1. The van der Waals surface area contributed by atoms with Crippen LogP contribution in [0.5, 0.6) is 0 Å². The highest BCUT2D eigenvalue weighted by Gasteiger charge is 2.51. The van der Waals surface area contributed by atoms with Gasteiger partial charge < -0.3 is 29.9 Å². The van der Waals surface area contributed by atoms with Gasteiger partial charge in [0.15, 0.2) is 17.4 Å². The van der Waals surface area contributed by atoms with Gasteiger partial charge in [0.2, 0.25) is 0 Å². The Hall–Kier alpha value is -1.99. The highest BCUT2D eigenvalue weighted by atomic mass is 31.2. The van der Waals surface area contributed by atoms with Gasteiger partial charge in [0.05, 0.1) is 11.7 Å². The van der Waals surface area contributed by atoms with Crippen LogP contribution in [-0.4, -0.2) is 64.0 Å². The van der Waals surface area contributed by atoms with Gasteiger partial charge in [-0.3, -0.25) is 18.5 Å². The summed E-state index contributed by atoms with van der Waals surface area (Å²) < 4.78 is 39.3. The van der Waals surface area contributed by atoms with Crippen molar-refractivity contribution in [1.82, 2.24) is 14.5 Å². The van der Waals surface area contributed by atoms with Crippen LogP contribution in [-0.2, 0) is 13.8 Å². The van der Waals surface area contributed by atoms with E-state index in [1.54, 1.807) is 13.8 Å². The van der Waals surface area contributed by atoms with Crippen LogP contribution >= 0.6 is 7.60 Å². The van der Waals surface area contributed by atoms with Crippen LogP contribution in [0.25, 0.3) is 11.0 Å². The van der Waals surface area contributed by atoms with Gasteiger partial charge in [0, 0.05) is 23.6 Å². The second kappa shape index (κ2) is 10.1. The largest absolute Gasteiger partial charge is 0.388 e. The first kappa shape index (κ1) is 28.6. The first-order valence-corrected chi connectivity index (χ1v) is 13.3. The minimum Gasteiger partial charge on any atom is -0.388 e. The lowest BCUT2D eigenvalue weighted by molar-refractivity contribution is -0.0773. The number of hydrogen-bond donors (Lipinski definition) is 5. The number of aromatic amines is 1. The number of fused-ring (bicyclic) bond motifs is 1. The fourth-order valence-electron chi connectivity index (χ4n) is 4.23. The van der Waals surface area contributed by atoms with Crippen LogP contribution in [0.3, 0.4) is 0 Å². The molecule has 1 fully saturated rings. The van der Waals surface area contributed by atoms with Crippen LogP contribution < -0.4 is 11.2 Å². The van der Waals surface area contributed by atoms with E-state index in [4.69, 9.17) is 9.26 Å². The molecule has 1 aliphatic rings. The molecule has 1 saturated heterocycles. The smallest absolute Gasteiger partial charge is 0.359 e. The molecule has 6 atom stereocenters. The van der Waals surface area contributed by atoms with E-state index < -0.39 is 60.1 Å². The molecular formula is C22H33FN3O9P. The molecule has 0 spiro atoms. The summed E-state index contributed by atoms with van der Waals surface area (Å²) in [5, 5.41) is 29.9. The molecule has 0 radical (unpaired) electrons. The Morgan fingerprint density at radius 3 is 2.39 bits per heavy atom. The van der Waals surface area contributed by atoms with Crippen LogP contribution in [0.4, 0.5) is 4.39 Å². The van der Waals surface area contributed by atoms with Crippen molar-refractivity contribution in [3.8, 4) is 0 Å². The van der Waals surface area contributed by atoms with E-state index in [1.807, 2.05) is 0 Å². The summed E-state index contributed by atoms with van der Waals surface area (Å²) in [6.45, 7) is 7.47. The van der Waals surface area contributed by atoms with E-state index in [2.05, 4.69) is 9.97 Å². The average Bonchev–Trinajstić information content (AvgIpc) is 3.09. The molecule has 2 aromatic heterocycles. The summed E-state index contributed by atoms with van der Waals surface area (Å²) >= 11 is 0. The van der Waals surface area contributed by atoms with E-state index in [1.165, 1.54) is 27.0 Å². The average molecular weight is 533 g/mol. The van der Waals surface area contributed by atoms with Crippen LogP contribution in [0.2, 0.25) is 0 Å². The molecule has 36 heavy (non-hydrogen) atoms. The lowest BCUT2D eigenvalue weighted by Gasteiger charge is -2.39. The fraction of sp³-hybridized carbons (Fsp3) is 0.682. The Bertz CT molecular complexity index is 1290. The maximum atomic E-state index is 14.1. The third-order valence-corrected chi connectivity index (χ3v) is 9.35. The molecule has 5 N–H and O–H groups in total. The Kier molecular flexibility index (Phi) is 7.98. The minimum atomic E-state index is -4.54. The quantitative estimate of drug-likeness (QED) is 0.295. The van der Waals surface area contributed by atoms with Crippen molar-refractivity contribution in [2.24, 2.45) is 0 Å². The SMILES string of the molecule is CCC(CC)(CC1OC(n2cc3c(C)c(F)c(=O)[nH]c3nc2=O)C(O)C1O)OP(=O)(O)C(C)(O)CC. The molecule has 0 aromatic carbocycles. The zero-order chi connectivity index (χ0) is 27.2. The van der Waals surface area contributed by atoms with Gasteiger partial charge in [0.25, 0.3) is 5.56 Å². The van der Waals surface area contributed by atoms with Crippen LogP contribution in [0.1, 0.15) is 65.2 Å². The number of aryl methyl sites for hydroxylation is 1. The lowest BCUT2D eigenvalue weighted by Crippen LogP contribution is -2.41. The second-order valence-corrected chi connectivity index (χ2v) is 11.6. The van der Waals surface area contributed by atoms with E-state index in [0.717, 1.165) is 4.57 Å². The Morgan fingerprint density at radius 1 is 1.22 bits per heavy atom. The van der Waals surface area contributed by atoms with Crippen molar-refractivity contribution in [2.45, 2.75) is 95.8 Å². The number of halogens is 1. The lowest BCUT2D eigenvalue weighted by atomic mass is 9.88. The number of ether oxygens (including phenoxy) is 1. The molecule has 3 heterocycles. The molecule has 0 amide bonds. The number of nitrogens with zero attached hydrogens (tertiary/aromatic N) is 2. The van der Waals surface area contributed by atoms with Crippen LogP contribution in [0.15, 0.2) is 15.8 Å². The standard InChI is InChI=1S/C22H33FN3O9P/c1-6-21(5,31)36(32,33)35-22(7-2,8-3)9-13-15(27)16(28)19(34-13)26-10-12-11(4)14(23)18(29)24-17(12)25-20(26)30/h10,13,15-16,19,27-28,31H,6-9H2,1-5H3,(H,32,33)(H,24,25,29,30). The maximum Gasteiger partial charge on any atom is 0.359 e. The highest BCUT2D eigenvalue weighted by Crippen LogP contribution is 2.59. The van der Waals surface area contributed by atoms with Gasteiger partial charge in [-0.15, -0.1) is 0 Å². The molecule has 6 unspecified atom stereocenters. The number of pyridine rings is 1. The van der Waals surface area contributed by atoms with E-state index in [0.29, 0.717) is 0 Å². The summed E-state index contributed by atoms with van der Waals surface area (Å²) in [5.74, 6) is -1.05. The van der Waals surface area contributed by atoms with E-state index >= 15 is 0 Å². The summed E-state index contributed by atoms with van der Waals surface area (Å²) in [4.78, 5) is 40.7. The molecule has 14 heteroatoms. The highest BCUT2D eigenvalue weighted by molar-refractivity contribution is 7.54. The first-order chi connectivity index (χ1) is 16.6. The number of hydrogen-bond acceptors (Lipinski definition) is 9. The molecule has 1 aliphatic heterocycles. The van der Waals surface area contributed by atoms with E-state index in [9.17, 15) is 38.8 Å². The van der Waals surface area contributed by atoms with Gasteiger partial charge in [-0.2, -0.15) is 4.98 Å². The number of aromatic nitrogens is 3. The topological polar surface area (TPSA) is 184 Å². The molecular weight excluding hydrogens is 500 g/mol. The van der Waals surface area contributed by atoms with E-state index in [-0.39, 0.29) is 42.3 Å². The first-order valence-electron chi connectivity index (χ1n) is 11.7. The summed E-state index contributed by atoms with van der Waals surface area (Å²) in [6.07, 6.45) is -4.27. The molecule has 0 bridgehead atoms. The zero-order valence-electron chi connectivity index (χ0n) is 20.8. The predicted octanol–water partition coefficient (Wildman–Crippen LogP) is 1.42. The van der Waals surface area contributed by atoms with Crippen molar-refractivity contribution in [2.75, 3.05) is 0 Å². The maximum absolute atomic E-state index is 14.1. The third-order valence-electron chi connectivity index (χ3n) is 7.19. The predicted molar refractivity (Wildman–Crippen MR) is 127 cm³/mol. The van der Waals surface area contributed by atoms with Crippen molar-refractivity contribution in [3.05, 3.63) is 38.4 Å². The van der Waals surface area contributed by atoms with Crippen molar-refractivity contribution < 1.29 is 38.4 Å². The monoisotopic (exact) mass is 533 g/mol. The molecule has 202 valence electrons. The number of aliphatic hydroxyl groups excluding tert-OH is 2. The van der Waals surface area contributed by atoms with Gasteiger partial charge in [0.1, 0.15) is 17.9 Å². The van der Waals surface area contributed by atoms with Crippen molar-refractivity contribution in [3.63, 3.8) is 0 Å². The number of rotatable bonds is 9. The van der Waals surface area contributed by atoms with Crippen LogP contribution in [0, 0.1) is 12.7 Å². The number of aliphatic hydroxyl groups is 3. The molecule has 12 nitrogen and oxygen atoms in total. The minimum absolute atomic E-state index is 0.0449. The van der Waals surface area contributed by atoms with Gasteiger partial charge >= 0.3 is 13.3 Å². The summed E-state index contributed by atoms with van der Waals surface area (Å²) in [6, 6.07) is 0. The summed E-state index contributed by atoms with van der Waals surface area (Å²) in [7, 11) is -4.54. The fourth-order valence-corrected chi connectivity index (χ4v) is 5.69. The molecule has 0 saturated carbocycles. The molecule has 0 aliphatic carbocycles. The summed E-state index contributed by atoms with van der Waals surface area (Å²) in [5.41, 5.74) is -3.47. The Morgan fingerprint density at radius 2 is 1.83 bits per heavy atom. The third kappa shape index (κ3) is 4.93. The van der Waals surface area contributed by atoms with Gasteiger partial charge in [-0.1, -0.05) is 20.8 Å². The van der Waals surface area contributed by atoms with Gasteiger partial charge in [-0.05, 0) is 33.1 Å². The zero-order valence-corrected chi connectivity index (χ0v) is 21.7. The number of nitrogens with one attached hydrogen (secondary N) is 1. The Labute approximate surface area is 206 Å². The molecule has 3 rings (SSSR count). The van der Waals surface area contributed by atoms with Crippen molar-refractivity contribution >= 4 is 18.6 Å². The Balaban J connectivity index is 1.96. The second-order valence-electron chi connectivity index (χ2n) is 9.41. The van der Waals surface area contributed by atoms with Crippen molar-refractivity contribution in [1.29, 1.82) is 0 Å². The molecule has 2 aromatic rings. The normalized spacial score (nSPS) is 26.2. The van der Waals surface area contributed by atoms with Gasteiger partial charge in [-0.25, -0.2) is 9.18 Å².